The third-order valence-electron chi connectivity index (χ3n) is 9.33. The summed E-state index contributed by atoms with van der Waals surface area (Å²) >= 11 is 0. The van der Waals surface area contributed by atoms with Gasteiger partial charge in [0.1, 0.15) is 11.3 Å². The monoisotopic (exact) mass is 626 g/mol. The van der Waals surface area contributed by atoms with Crippen LogP contribution >= 0.6 is 0 Å². The Morgan fingerprint density at radius 3 is 1.55 bits per heavy atom. The Hall–Kier alpha value is -6.72. The molecule has 0 amide bonds. The van der Waals surface area contributed by atoms with Crippen molar-refractivity contribution in [2.45, 2.75) is 0 Å². The predicted molar refractivity (Wildman–Crippen MR) is 198 cm³/mol. The minimum absolute atomic E-state index is 0.605. The summed E-state index contributed by atoms with van der Waals surface area (Å²) in [7, 11) is 0. The lowest BCUT2D eigenvalue weighted by Crippen LogP contribution is -2.01. The number of hydrogen-bond acceptors (Lipinski definition) is 5. The SMILES string of the molecule is c1ccc2c(-c3nc(-c4ccc(-c5oc6ccccc6c6nc7ccccc7c5-6)cc4)nc(-c4cccc5ccccc45)n3)cccc2c1. The maximum absolute atomic E-state index is 6.63. The van der Waals surface area contributed by atoms with Gasteiger partial charge in [-0.05, 0) is 39.7 Å². The van der Waals surface area contributed by atoms with Crippen LogP contribution in [0.2, 0.25) is 0 Å². The highest BCUT2D eigenvalue weighted by Gasteiger charge is 2.23. The molecule has 0 radical (unpaired) electrons. The lowest BCUT2D eigenvalue weighted by Gasteiger charge is -2.13. The minimum Gasteiger partial charge on any atom is -0.455 e. The smallest absolute Gasteiger partial charge is 0.164 e. The zero-order chi connectivity index (χ0) is 32.3. The molecule has 0 saturated heterocycles. The second-order valence-electron chi connectivity index (χ2n) is 12.2. The van der Waals surface area contributed by atoms with Gasteiger partial charge < -0.3 is 4.42 Å². The van der Waals surface area contributed by atoms with Crippen molar-refractivity contribution in [3.05, 3.63) is 158 Å². The van der Waals surface area contributed by atoms with E-state index >= 15 is 0 Å². The van der Waals surface area contributed by atoms with Crippen molar-refractivity contribution < 1.29 is 4.42 Å². The van der Waals surface area contributed by atoms with E-state index in [-0.39, 0.29) is 0 Å². The van der Waals surface area contributed by atoms with E-state index < -0.39 is 0 Å². The largest absolute Gasteiger partial charge is 0.455 e. The van der Waals surface area contributed by atoms with E-state index in [0.29, 0.717) is 17.5 Å². The fraction of sp³-hybridized carbons (Fsp3) is 0. The van der Waals surface area contributed by atoms with Crippen LogP contribution in [0.4, 0.5) is 0 Å². The zero-order valence-electron chi connectivity index (χ0n) is 26.2. The van der Waals surface area contributed by atoms with E-state index in [1.54, 1.807) is 0 Å². The lowest BCUT2D eigenvalue weighted by atomic mass is 9.98. The normalized spacial score (nSPS) is 11.7. The topological polar surface area (TPSA) is 64.7 Å². The van der Waals surface area contributed by atoms with Gasteiger partial charge in [0.15, 0.2) is 17.5 Å². The van der Waals surface area contributed by atoms with Gasteiger partial charge in [0.05, 0.1) is 16.8 Å². The summed E-state index contributed by atoms with van der Waals surface area (Å²) in [5.41, 5.74) is 7.48. The number of aromatic nitrogens is 4. The molecule has 228 valence electrons. The Balaban J connectivity index is 1.16. The molecular formula is C44H26N4O. The number of nitrogens with zero attached hydrogens (tertiary/aromatic N) is 4. The highest BCUT2D eigenvalue weighted by Crippen LogP contribution is 2.44. The van der Waals surface area contributed by atoms with Gasteiger partial charge in [0, 0.05) is 33.0 Å². The van der Waals surface area contributed by atoms with E-state index in [0.717, 1.165) is 82.7 Å². The van der Waals surface area contributed by atoms with Crippen LogP contribution in [-0.2, 0) is 0 Å². The van der Waals surface area contributed by atoms with E-state index in [9.17, 15) is 0 Å². The van der Waals surface area contributed by atoms with Crippen LogP contribution in [-0.4, -0.2) is 19.9 Å². The zero-order valence-corrected chi connectivity index (χ0v) is 26.2. The van der Waals surface area contributed by atoms with Crippen molar-refractivity contribution >= 4 is 43.4 Å². The average molecular weight is 627 g/mol. The van der Waals surface area contributed by atoms with Crippen molar-refractivity contribution in [2.24, 2.45) is 0 Å². The summed E-state index contributed by atoms with van der Waals surface area (Å²) in [6.45, 7) is 0. The fourth-order valence-electron chi connectivity index (χ4n) is 6.98. The molecule has 2 aliphatic rings. The third-order valence-corrected chi connectivity index (χ3v) is 9.33. The number of rotatable bonds is 4. The number of hydrogen-bond donors (Lipinski definition) is 0. The second-order valence-corrected chi connectivity index (χ2v) is 12.2. The first-order chi connectivity index (χ1) is 24.3. The van der Waals surface area contributed by atoms with Crippen LogP contribution in [0.3, 0.4) is 0 Å². The van der Waals surface area contributed by atoms with Crippen LogP contribution in [0.15, 0.2) is 162 Å². The second kappa shape index (κ2) is 10.9. The van der Waals surface area contributed by atoms with Gasteiger partial charge in [0.25, 0.3) is 0 Å². The highest BCUT2D eigenvalue weighted by atomic mass is 16.3. The Morgan fingerprint density at radius 1 is 0.367 bits per heavy atom. The van der Waals surface area contributed by atoms with Crippen LogP contribution in [0.25, 0.3) is 100 Å². The standard InChI is InChI=1S/C44H26N4O/c1-3-15-31-27(11-1)13-9-19-33(31)43-46-42(47-44(48-43)34-20-10-14-28-12-2-4-16-32(28)34)30-25-23-29(24-26-30)41-39-35-17-5-7-21-37(35)45-40(39)36-18-6-8-22-38(36)49-41/h1-26H. The van der Waals surface area contributed by atoms with Crippen molar-refractivity contribution in [1.82, 2.24) is 19.9 Å². The molecule has 5 nitrogen and oxygen atoms in total. The van der Waals surface area contributed by atoms with Gasteiger partial charge in [-0.3, -0.25) is 0 Å². The first-order valence-corrected chi connectivity index (χ1v) is 16.3. The van der Waals surface area contributed by atoms with Crippen LogP contribution in [0.1, 0.15) is 0 Å². The minimum atomic E-state index is 0.605. The number of para-hydroxylation sites is 2. The summed E-state index contributed by atoms with van der Waals surface area (Å²) in [6, 6.07) is 53.9. The summed E-state index contributed by atoms with van der Waals surface area (Å²) < 4.78 is 6.63. The van der Waals surface area contributed by atoms with E-state index in [1.807, 2.05) is 30.3 Å². The van der Waals surface area contributed by atoms with E-state index in [1.165, 1.54) is 0 Å². The summed E-state index contributed by atoms with van der Waals surface area (Å²) in [5.74, 6) is 2.66. The molecular weight excluding hydrogens is 601 g/mol. The van der Waals surface area contributed by atoms with Gasteiger partial charge in [0.2, 0.25) is 0 Å². The van der Waals surface area contributed by atoms with Gasteiger partial charge >= 0.3 is 0 Å². The molecule has 0 fully saturated rings. The van der Waals surface area contributed by atoms with E-state index in [4.69, 9.17) is 24.4 Å². The number of benzene rings is 7. The van der Waals surface area contributed by atoms with Crippen molar-refractivity contribution in [2.75, 3.05) is 0 Å². The maximum atomic E-state index is 6.63. The molecule has 0 N–H and O–H groups in total. The molecule has 7 aromatic carbocycles. The van der Waals surface area contributed by atoms with Crippen LogP contribution < -0.4 is 0 Å². The van der Waals surface area contributed by atoms with Gasteiger partial charge in [-0.2, -0.15) is 0 Å². The van der Waals surface area contributed by atoms with Gasteiger partial charge in [-0.25, -0.2) is 19.9 Å². The molecule has 5 heteroatoms. The molecule has 0 atom stereocenters. The predicted octanol–water partition coefficient (Wildman–Crippen LogP) is 11.2. The molecule has 0 unspecified atom stereocenters. The molecule has 3 heterocycles. The Labute approximate surface area is 281 Å². The summed E-state index contributed by atoms with van der Waals surface area (Å²) in [6.07, 6.45) is 0. The van der Waals surface area contributed by atoms with Gasteiger partial charge in [-0.15, -0.1) is 0 Å². The quantitative estimate of drug-likeness (QED) is 0.194. The fourth-order valence-corrected chi connectivity index (χ4v) is 6.98. The molecule has 49 heavy (non-hydrogen) atoms. The molecule has 0 aliphatic carbocycles. The third kappa shape index (κ3) is 4.48. The first kappa shape index (κ1) is 27.4. The molecule has 0 spiro atoms. The van der Waals surface area contributed by atoms with Gasteiger partial charge in [-0.1, -0.05) is 140 Å². The first-order valence-electron chi connectivity index (χ1n) is 16.3. The summed E-state index contributed by atoms with van der Waals surface area (Å²) in [5, 5.41) is 6.54. The highest BCUT2D eigenvalue weighted by molar-refractivity contribution is 6.10. The Bertz CT molecular complexity index is 2730. The van der Waals surface area contributed by atoms with Crippen molar-refractivity contribution in [1.29, 1.82) is 0 Å². The average Bonchev–Trinajstić information content (AvgIpc) is 3.57. The Morgan fingerprint density at radius 2 is 0.878 bits per heavy atom. The molecule has 8 aromatic rings. The molecule has 2 aliphatic heterocycles. The maximum Gasteiger partial charge on any atom is 0.164 e. The van der Waals surface area contributed by atoms with E-state index in [2.05, 4.69) is 127 Å². The molecule has 1 aromatic heterocycles. The summed E-state index contributed by atoms with van der Waals surface area (Å²) in [4.78, 5) is 20.3. The lowest BCUT2D eigenvalue weighted by molar-refractivity contribution is 0.622. The molecule has 10 rings (SSSR count). The van der Waals surface area contributed by atoms with Crippen molar-refractivity contribution in [3.8, 4) is 56.7 Å². The molecule has 0 saturated carbocycles. The van der Waals surface area contributed by atoms with Crippen LogP contribution in [0, 0.1) is 0 Å². The Kier molecular flexibility index (Phi) is 6.11. The number of fused-ring (bicyclic) bond motifs is 7. The van der Waals surface area contributed by atoms with Crippen LogP contribution in [0.5, 0.6) is 0 Å². The molecule has 0 bridgehead atoms. The van der Waals surface area contributed by atoms with Crippen molar-refractivity contribution in [3.63, 3.8) is 0 Å².